The van der Waals surface area contributed by atoms with Crippen LogP contribution in [0.3, 0.4) is 0 Å². The normalized spacial score (nSPS) is 36.9. The number of Topliss-reactive ketones (excluding diaryl/α,β-unsaturated/α-hetero) is 1. The van der Waals surface area contributed by atoms with E-state index in [2.05, 4.69) is 42.4 Å². The fraction of sp³-hybridized carbons (Fsp3) is 0.875. The number of hydrogen-bond acceptors (Lipinski definition) is 6. The van der Waals surface area contributed by atoms with E-state index in [0.29, 0.717) is 37.8 Å². The van der Waals surface area contributed by atoms with Gasteiger partial charge in [-0.1, -0.05) is 6.92 Å². The molecule has 0 aromatic heterocycles. The van der Waals surface area contributed by atoms with Crippen molar-refractivity contribution in [2.45, 2.75) is 89.8 Å². The summed E-state index contributed by atoms with van der Waals surface area (Å²) in [6, 6.07) is 0.597. The predicted molar refractivity (Wildman–Crippen MR) is 122 cm³/mol. The minimum atomic E-state index is -0.778. The summed E-state index contributed by atoms with van der Waals surface area (Å²) in [5.41, 5.74) is -0.268. The summed E-state index contributed by atoms with van der Waals surface area (Å²) in [5.74, 6) is -1.24. The minimum absolute atomic E-state index is 0.0581. The van der Waals surface area contributed by atoms with Gasteiger partial charge >= 0.3 is 11.9 Å². The van der Waals surface area contributed by atoms with E-state index in [4.69, 9.17) is 10.2 Å². The Balaban J connectivity index is 1.65. The van der Waals surface area contributed by atoms with E-state index in [1.165, 1.54) is 0 Å². The summed E-state index contributed by atoms with van der Waals surface area (Å²) in [4.78, 5) is 41.8. The molecule has 3 fully saturated rings. The lowest BCUT2D eigenvalue weighted by Gasteiger charge is -2.38. The molecule has 32 heavy (non-hydrogen) atoms. The maximum absolute atomic E-state index is 13.1. The second kappa shape index (κ2) is 9.39. The van der Waals surface area contributed by atoms with E-state index >= 15 is 0 Å². The molecule has 3 aliphatic rings. The molecule has 0 saturated carbocycles. The van der Waals surface area contributed by atoms with Gasteiger partial charge in [-0.25, -0.2) is 0 Å². The second-order valence-corrected chi connectivity index (χ2v) is 11.1. The molecule has 3 aliphatic heterocycles. The zero-order valence-corrected chi connectivity index (χ0v) is 20.2. The third-order valence-corrected chi connectivity index (χ3v) is 8.07. The largest absolute Gasteiger partial charge is 0.481 e. The average molecular weight is 452 g/mol. The van der Waals surface area contributed by atoms with Crippen molar-refractivity contribution in [2.75, 3.05) is 39.3 Å². The molecule has 8 heteroatoms. The lowest BCUT2D eigenvalue weighted by molar-refractivity contribution is -0.138. The van der Waals surface area contributed by atoms with Crippen molar-refractivity contribution in [2.24, 2.45) is 5.41 Å². The number of aliphatic carboxylic acids is 2. The van der Waals surface area contributed by atoms with Gasteiger partial charge in [0.1, 0.15) is 5.78 Å². The number of nitrogens with zero attached hydrogens (tertiary/aromatic N) is 3. The van der Waals surface area contributed by atoms with Crippen molar-refractivity contribution in [1.29, 1.82) is 0 Å². The van der Waals surface area contributed by atoms with Gasteiger partial charge in [-0.3, -0.25) is 29.1 Å². The van der Waals surface area contributed by atoms with Gasteiger partial charge < -0.3 is 10.2 Å². The fourth-order valence-corrected chi connectivity index (χ4v) is 5.80. The van der Waals surface area contributed by atoms with Gasteiger partial charge in [-0.05, 0) is 45.4 Å². The van der Waals surface area contributed by atoms with Gasteiger partial charge in [-0.15, -0.1) is 0 Å². The minimum Gasteiger partial charge on any atom is -0.481 e. The van der Waals surface area contributed by atoms with E-state index in [1.54, 1.807) is 0 Å². The first kappa shape index (κ1) is 25.1. The van der Waals surface area contributed by atoms with Crippen LogP contribution in [0.5, 0.6) is 0 Å². The van der Waals surface area contributed by atoms with Crippen LogP contribution in [0.2, 0.25) is 0 Å². The number of ketones is 1. The van der Waals surface area contributed by atoms with Crippen LogP contribution < -0.4 is 0 Å². The number of rotatable bonds is 16. The van der Waals surface area contributed by atoms with Crippen molar-refractivity contribution in [1.82, 2.24) is 14.7 Å². The molecule has 0 bridgehead atoms. The summed E-state index contributed by atoms with van der Waals surface area (Å²) < 4.78 is 0. The molecule has 3 heterocycles. The standard InChI is InChI=1S/C24H41N3O5/c1-5-24(12-19(28)6-9-25-13-18(25)2,14-22(3)16-26(22)10-7-20(29)30)15-23(4)17-27(23)11-8-21(31)32/h18H,5-17H2,1-4H3,(H,29,30)(H,31,32). The second-order valence-electron chi connectivity index (χ2n) is 11.1. The average Bonchev–Trinajstić information content (AvgIpc) is 3.63. The van der Waals surface area contributed by atoms with E-state index < -0.39 is 11.9 Å². The van der Waals surface area contributed by atoms with Crippen LogP contribution in [0.15, 0.2) is 0 Å². The number of hydrogen-bond donors (Lipinski definition) is 2. The van der Waals surface area contributed by atoms with Gasteiger partial charge in [0.05, 0.1) is 12.8 Å². The lowest BCUT2D eigenvalue weighted by atomic mass is 9.68. The Morgan fingerprint density at radius 2 is 1.38 bits per heavy atom. The van der Waals surface area contributed by atoms with Crippen molar-refractivity contribution in [3.05, 3.63) is 0 Å². The Bertz CT molecular complexity index is 703. The maximum atomic E-state index is 13.1. The monoisotopic (exact) mass is 451 g/mol. The molecule has 0 radical (unpaired) electrons. The number of carboxylic acid groups (broad SMARTS) is 2. The first-order valence-corrected chi connectivity index (χ1v) is 12.1. The highest BCUT2D eigenvalue weighted by Crippen LogP contribution is 2.53. The summed E-state index contributed by atoms with van der Waals surface area (Å²) >= 11 is 0. The summed E-state index contributed by atoms with van der Waals surface area (Å²) in [6.45, 7) is 13.5. The highest BCUT2D eigenvalue weighted by atomic mass is 16.4. The van der Waals surface area contributed by atoms with Crippen molar-refractivity contribution < 1.29 is 24.6 Å². The molecule has 0 aliphatic carbocycles. The molecule has 3 saturated heterocycles. The van der Waals surface area contributed by atoms with Crippen LogP contribution >= 0.6 is 0 Å². The van der Waals surface area contributed by atoms with Crippen molar-refractivity contribution in [3.8, 4) is 0 Å². The van der Waals surface area contributed by atoms with Crippen molar-refractivity contribution >= 4 is 17.7 Å². The zero-order valence-electron chi connectivity index (χ0n) is 20.2. The van der Waals surface area contributed by atoms with E-state index in [-0.39, 0.29) is 29.3 Å². The molecule has 0 aromatic carbocycles. The summed E-state index contributed by atoms with van der Waals surface area (Å²) in [5, 5.41) is 18.1. The molecule has 0 spiro atoms. The zero-order chi connectivity index (χ0) is 23.7. The van der Waals surface area contributed by atoms with Crippen molar-refractivity contribution in [3.63, 3.8) is 0 Å². The molecule has 0 aromatic rings. The van der Waals surface area contributed by atoms with Crippen LogP contribution in [-0.2, 0) is 14.4 Å². The Morgan fingerprint density at radius 3 is 1.75 bits per heavy atom. The predicted octanol–water partition coefficient (Wildman–Crippen LogP) is 2.31. The Morgan fingerprint density at radius 1 is 0.906 bits per heavy atom. The Labute approximate surface area is 191 Å². The maximum Gasteiger partial charge on any atom is 0.304 e. The third kappa shape index (κ3) is 6.51. The molecule has 182 valence electrons. The molecule has 0 amide bonds. The van der Waals surface area contributed by atoms with Gasteiger partial charge in [0.25, 0.3) is 0 Å². The first-order valence-electron chi connectivity index (χ1n) is 12.1. The van der Waals surface area contributed by atoms with E-state index in [0.717, 1.165) is 45.4 Å². The summed E-state index contributed by atoms with van der Waals surface area (Å²) in [7, 11) is 0. The Hall–Kier alpha value is -1.51. The third-order valence-electron chi connectivity index (χ3n) is 8.07. The van der Waals surface area contributed by atoms with Crippen LogP contribution in [0, 0.1) is 5.41 Å². The van der Waals surface area contributed by atoms with Crippen LogP contribution in [0.1, 0.15) is 72.6 Å². The van der Waals surface area contributed by atoms with Crippen LogP contribution in [-0.4, -0.2) is 99.0 Å². The Kier molecular flexibility index (Phi) is 7.37. The molecule has 6 atom stereocenters. The fourth-order valence-electron chi connectivity index (χ4n) is 5.80. The molecule has 8 nitrogen and oxygen atoms in total. The topological polar surface area (TPSA) is 101 Å². The SMILES string of the molecule is CCC(CC(=O)CCN1CC1C)(CC1(C)CN1CCC(=O)O)CC1(C)CN1CCC(=O)O. The smallest absolute Gasteiger partial charge is 0.304 e. The number of carbonyl (C=O) groups is 3. The van der Waals surface area contributed by atoms with Crippen LogP contribution in [0.4, 0.5) is 0 Å². The molecular formula is C24H41N3O5. The van der Waals surface area contributed by atoms with Gasteiger partial charge in [0.15, 0.2) is 0 Å². The number of carbonyl (C=O) groups excluding carboxylic acids is 1. The van der Waals surface area contributed by atoms with Gasteiger partial charge in [-0.2, -0.15) is 0 Å². The van der Waals surface area contributed by atoms with E-state index in [1.807, 2.05) is 0 Å². The quantitative estimate of drug-likeness (QED) is 0.345. The lowest BCUT2D eigenvalue weighted by Crippen LogP contribution is -2.37. The summed E-state index contributed by atoms with van der Waals surface area (Å²) in [6.07, 6.45) is 4.07. The molecular weight excluding hydrogens is 410 g/mol. The molecule has 6 unspecified atom stereocenters. The first-order chi connectivity index (χ1) is 14.9. The highest BCUT2D eigenvalue weighted by Gasteiger charge is 2.57. The van der Waals surface area contributed by atoms with Gasteiger partial charge in [0, 0.05) is 69.2 Å². The van der Waals surface area contributed by atoms with Gasteiger partial charge in [0.2, 0.25) is 0 Å². The van der Waals surface area contributed by atoms with Crippen LogP contribution in [0.25, 0.3) is 0 Å². The molecule has 3 rings (SSSR count). The molecule has 2 N–H and O–H groups in total. The van der Waals surface area contributed by atoms with E-state index in [9.17, 15) is 14.4 Å². The highest BCUT2D eigenvalue weighted by molar-refractivity contribution is 5.79. The number of carboxylic acids is 2.